The van der Waals surface area contributed by atoms with Gasteiger partial charge in [0.25, 0.3) is 0 Å². The maximum atomic E-state index is 11.1. The Bertz CT molecular complexity index is 505. The number of benzene rings is 1. The Labute approximate surface area is 103 Å². The number of halogens is 2. The largest absolute Gasteiger partial charge is 0.317 e. The van der Waals surface area contributed by atoms with Crippen LogP contribution >= 0.6 is 21.4 Å². The van der Waals surface area contributed by atoms with Crippen molar-refractivity contribution in [3.63, 3.8) is 0 Å². The van der Waals surface area contributed by atoms with Gasteiger partial charge in [0.15, 0.2) is 0 Å². The molecule has 0 atom stereocenters. The predicted octanol–water partition coefficient (Wildman–Crippen LogP) is 1.30. The van der Waals surface area contributed by atoms with Crippen LogP contribution in [-0.2, 0) is 18.3 Å². The van der Waals surface area contributed by atoms with Gasteiger partial charge in [0.1, 0.15) is 0 Å². The van der Waals surface area contributed by atoms with Crippen LogP contribution in [0.3, 0.4) is 0 Å². The molecule has 5 nitrogen and oxygen atoms in total. The molecule has 0 spiro atoms. The van der Waals surface area contributed by atoms with E-state index in [9.17, 15) is 8.42 Å². The first-order valence-electron chi connectivity index (χ1n) is 3.79. The van der Waals surface area contributed by atoms with Gasteiger partial charge < -0.3 is 0 Å². The fourth-order valence-corrected chi connectivity index (χ4v) is 1.47. The summed E-state index contributed by atoms with van der Waals surface area (Å²) in [7, 11) is 2.96. The van der Waals surface area contributed by atoms with Crippen molar-refractivity contribution < 1.29 is 16.8 Å². The number of nitrogens with one attached hydrogen (secondary N) is 1. The van der Waals surface area contributed by atoms with E-state index in [1.807, 2.05) is 0 Å². The summed E-state index contributed by atoms with van der Waals surface area (Å²) in [5.74, 6) is 0. The molecule has 0 saturated heterocycles. The summed E-state index contributed by atoms with van der Waals surface area (Å²) in [5.41, 5.74) is 0. The number of hydrogen-bond acceptors (Lipinski definition) is 4. The van der Waals surface area contributed by atoms with Gasteiger partial charge in [0.05, 0.1) is 4.90 Å². The van der Waals surface area contributed by atoms with Gasteiger partial charge in [-0.2, -0.15) is 8.42 Å². The standard InChI is InChI=1S/C7H9NO2S.Cl2O2S/c1-8-11(9,10)7-5-3-2-4-6-7;1-5(2,3)4/h2-6,8H,1H3;. The molecule has 0 unspecified atom stereocenters. The summed E-state index contributed by atoms with van der Waals surface area (Å²) in [6.07, 6.45) is 0. The van der Waals surface area contributed by atoms with E-state index in [2.05, 4.69) is 26.1 Å². The van der Waals surface area contributed by atoms with Gasteiger partial charge >= 0.3 is 8.26 Å². The molecule has 16 heavy (non-hydrogen) atoms. The quantitative estimate of drug-likeness (QED) is 0.835. The summed E-state index contributed by atoms with van der Waals surface area (Å²) in [5, 5.41) is 0. The Morgan fingerprint density at radius 3 is 1.69 bits per heavy atom. The van der Waals surface area contributed by atoms with Crippen molar-refractivity contribution in [3.05, 3.63) is 30.3 Å². The third-order valence-electron chi connectivity index (χ3n) is 1.32. The zero-order valence-corrected chi connectivity index (χ0v) is 11.2. The average molecular weight is 306 g/mol. The second kappa shape index (κ2) is 6.41. The van der Waals surface area contributed by atoms with Crippen LogP contribution in [0.15, 0.2) is 35.2 Å². The normalized spacial score (nSPS) is 11.4. The minimum Gasteiger partial charge on any atom is -0.214 e. The molecule has 9 heteroatoms. The zero-order valence-electron chi connectivity index (χ0n) is 8.09. The fourth-order valence-electron chi connectivity index (χ4n) is 0.717. The predicted molar refractivity (Wildman–Crippen MR) is 63.3 cm³/mol. The minimum absolute atomic E-state index is 0.294. The van der Waals surface area contributed by atoms with E-state index in [0.717, 1.165) is 0 Å². The first-order chi connectivity index (χ1) is 7.17. The molecule has 0 aromatic heterocycles. The van der Waals surface area contributed by atoms with Gasteiger partial charge in [0.2, 0.25) is 10.0 Å². The highest BCUT2D eigenvalue weighted by Gasteiger charge is 2.08. The molecule has 0 saturated carbocycles. The summed E-state index contributed by atoms with van der Waals surface area (Å²) in [6.45, 7) is 0. The Morgan fingerprint density at radius 2 is 1.38 bits per heavy atom. The fraction of sp³-hybridized carbons (Fsp3) is 0.143. The van der Waals surface area contributed by atoms with Crippen molar-refractivity contribution in [1.82, 2.24) is 4.72 Å². The lowest BCUT2D eigenvalue weighted by atomic mass is 10.4. The lowest BCUT2D eigenvalue weighted by Crippen LogP contribution is -2.18. The Morgan fingerprint density at radius 1 is 1.00 bits per heavy atom. The van der Waals surface area contributed by atoms with Crippen LogP contribution in [0.4, 0.5) is 0 Å². The van der Waals surface area contributed by atoms with Crippen LogP contribution in [0.2, 0.25) is 0 Å². The van der Waals surface area contributed by atoms with E-state index < -0.39 is 18.3 Å². The van der Waals surface area contributed by atoms with Crippen LogP contribution in [0.1, 0.15) is 0 Å². The first-order valence-corrected chi connectivity index (χ1v) is 8.41. The molecule has 0 radical (unpaired) electrons. The molecule has 1 aromatic carbocycles. The molecule has 0 aliphatic carbocycles. The lowest BCUT2D eigenvalue weighted by Gasteiger charge is -1.99. The minimum atomic E-state index is -3.72. The molecule has 92 valence electrons. The highest BCUT2D eigenvalue weighted by molar-refractivity contribution is 8.31. The van der Waals surface area contributed by atoms with E-state index in [0.29, 0.717) is 4.90 Å². The Balaban J connectivity index is 0.000000385. The van der Waals surface area contributed by atoms with Crippen molar-refractivity contribution in [2.75, 3.05) is 7.05 Å². The van der Waals surface area contributed by atoms with Gasteiger partial charge in [-0.05, 0) is 19.2 Å². The van der Waals surface area contributed by atoms with Gasteiger partial charge in [-0.15, -0.1) is 0 Å². The maximum Gasteiger partial charge on any atom is 0.317 e. The molecule has 0 bridgehead atoms. The molecule has 0 fully saturated rings. The SMILES string of the molecule is CNS(=O)(=O)c1ccccc1.O=S(=O)(Cl)Cl. The van der Waals surface area contributed by atoms with Crippen LogP contribution in [0.25, 0.3) is 0 Å². The summed E-state index contributed by atoms with van der Waals surface area (Å²) >= 11 is 0. The molecule has 1 aromatic rings. The van der Waals surface area contributed by atoms with Gasteiger partial charge in [-0.25, -0.2) is 13.1 Å². The zero-order chi connectivity index (χ0) is 12.8. The van der Waals surface area contributed by atoms with E-state index >= 15 is 0 Å². The van der Waals surface area contributed by atoms with Crippen molar-refractivity contribution in [2.24, 2.45) is 0 Å². The topological polar surface area (TPSA) is 80.3 Å². The molecular formula is C7H9Cl2NO4S2. The van der Waals surface area contributed by atoms with Crippen LogP contribution in [-0.4, -0.2) is 23.9 Å². The van der Waals surface area contributed by atoms with E-state index in [1.54, 1.807) is 30.3 Å². The van der Waals surface area contributed by atoms with Crippen molar-refractivity contribution >= 4 is 39.7 Å². The molecule has 1 rings (SSSR count). The molecule has 0 heterocycles. The lowest BCUT2D eigenvalue weighted by molar-refractivity contribution is 0.588. The molecule has 0 amide bonds. The number of sulfonamides is 1. The van der Waals surface area contributed by atoms with E-state index in [-0.39, 0.29) is 0 Å². The molecular weight excluding hydrogens is 297 g/mol. The van der Waals surface area contributed by atoms with Crippen molar-refractivity contribution in [3.8, 4) is 0 Å². The van der Waals surface area contributed by atoms with Crippen LogP contribution < -0.4 is 4.72 Å². The van der Waals surface area contributed by atoms with Gasteiger partial charge in [0, 0.05) is 21.4 Å². The monoisotopic (exact) mass is 305 g/mol. The Kier molecular flexibility index (Phi) is 6.27. The summed E-state index contributed by atoms with van der Waals surface area (Å²) in [6, 6.07) is 8.24. The second-order valence-corrected chi connectivity index (χ2v) is 7.95. The first kappa shape index (κ1) is 15.7. The smallest absolute Gasteiger partial charge is 0.214 e. The highest BCUT2D eigenvalue weighted by atomic mass is 36.0. The van der Waals surface area contributed by atoms with Crippen LogP contribution in [0, 0.1) is 0 Å². The van der Waals surface area contributed by atoms with E-state index in [1.165, 1.54) is 7.05 Å². The summed E-state index contributed by atoms with van der Waals surface area (Å²) < 4.78 is 42.7. The van der Waals surface area contributed by atoms with Crippen molar-refractivity contribution in [2.45, 2.75) is 4.90 Å². The number of rotatable bonds is 2. The molecule has 0 aliphatic rings. The molecule has 1 N–H and O–H groups in total. The van der Waals surface area contributed by atoms with E-state index in [4.69, 9.17) is 8.42 Å². The Hall–Kier alpha value is -0.340. The molecule has 0 aliphatic heterocycles. The third kappa shape index (κ3) is 7.89. The summed E-state index contributed by atoms with van der Waals surface area (Å²) in [4.78, 5) is 0.294. The average Bonchev–Trinajstić information content (AvgIpc) is 2.17. The second-order valence-electron chi connectivity index (χ2n) is 2.40. The highest BCUT2D eigenvalue weighted by Crippen LogP contribution is 2.05. The van der Waals surface area contributed by atoms with Gasteiger partial charge in [-0.1, -0.05) is 18.2 Å². The number of hydrogen-bond donors (Lipinski definition) is 1. The van der Waals surface area contributed by atoms with Crippen LogP contribution in [0.5, 0.6) is 0 Å². The van der Waals surface area contributed by atoms with Crippen molar-refractivity contribution in [1.29, 1.82) is 0 Å². The maximum absolute atomic E-state index is 11.1. The van der Waals surface area contributed by atoms with Gasteiger partial charge in [-0.3, -0.25) is 0 Å². The third-order valence-corrected chi connectivity index (χ3v) is 2.75.